The molecule has 1 fully saturated rings. The summed E-state index contributed by atoms with van der Waals surface area (Å²) in [5, 5.41) is 15.5. The van der Waals surface area contributed by atoms with Gasteiger partial charge in [-0.1, -0.05) is 72.8 Å². The van der Waals surface area contributed by atoms with E-state index in [0.717, 1.165) is 25.6 Å². The molecule has 1 aliphatic heterocycles. The molecule has 0 amide bonds. The van der Waals surface area contributed by atoms with Gasteiger partial charge in [0.15, 0.2) is 0 Å². The summed E-state index contributed by atoms with van der Waals surface area (Å²) in [7, 11) is 0. The van der Waals surface area contributed by atoms with E-state index >= 15 is 0 Å². The van der Waals surface area contributed by atoms with E-state index in [4.69, 9.17) is 0 Å². The van der Waals surface area contributed by atoms with Crippen molar-refractivity contribution in [1.82, 2.24) is 5.32 Å². The molecular weight excluding hydrogens is 487 g/mol. The smallest absolute Gasteiger partial charge is 0.335 e. The zero-order valence-corrected chi connectivity index (χ0v) is 21.6. The van der Waals surface area contributed by atoms with Gasteiger partial charge in [-0.25, -0.2) is 9.18 Å². The van der Waals surface area contributed by atoms with Crippen LogP contribution in [0.4, 0.5) is 10.1 Å². The van der Waals surface area contributed by atoms with Crippen molar-refractivity contribution >= 4 is 34.8 Å². The Bertz CT molecular complexity index is 1360. The van der Waals surface area contributed by atoms with Gasteiger partial charge in [-0.3, -0.25) is 0 Å². The van der Waals surface area contributed by atoms with Crippen LogP contribution in [0.3, 0.4) is 0 Å². The van der Waals surface area contributed by atoms with Crippen LogP contribution in [0.25, 0.3) is 10.8 Å². The number of hydrogen-bond donors (Lipinski definition) is 2. The molecule has 0 aromatic heterocycles. The first-order valence-corrected chi connectivity index (χ1v) is 12.5. The highest BCUT2D eigenvalue weighted by Crippen LogP contribution is 2.36. The number of benzene rings is 4. The van der Waals surface area contributed by atoms with Crippen molar-refractivity contribution in [1.29, 1.82) is 0 Å². The Labute approximate surface area is 223 Å². The minimum atomic E-state index is -1.12. The summed E-state index contributed by atoms with van der Waals surface area (Å²) < 4.78 is 14.9. The first-order chi connectivity index (χ1) is 17.5. The summed E-state index contributed by atoms with van der Waals surface area (Å²) >= 11 is 0. The molecule has 0 aliphatic carbocycles. The van der Waals surface area contributed by atoms with Gasteiger partial charge in [0.05, 0.1) is 11.3 Å². The molecule has 2 N–H and O–H groups in total. The highest BCUT2D eigenvalue weighted by molar-refractivity contribution is 5.88. The summed E-state index contributed by atoms with van der Waals surface area (Å²) in [6.07, 6.45) is 0.912. The van der Waals surface area contributed by atoms with E-state index in [9.17, 15) is 14.3 Å². The van der Waals surface area contributed by atoms with Crippen LogP contribution in [-0.2, 0) is 0 Å². The van der Waals surface area contributed by atoms with Crippen molar-refractivity contribution in [2.75, 3.05) is 24.5 Å². The molecule has 4 aromatic rings. The monoisotopic (exact) mass is 518 g/mol. The maximum absolute atomic E-state index is 14.9. The lowest BCUT2D eigenvalue weighted by atomic mass is 9.80. The summed E-state index contributed by atoms with van der Waals surface area (Å²) in [5.41, 5.74) is 2.98. The highest BCUT2D eigenvalue weighted by atomic mass is 35.5. The van der Waals surface area contributed by atoms with E-state index in [0.29, 0.717) is 18.2 Å². The molecule has 0 saturated carbocycles. The predicted molar refractivity (Wildman–Crippen MR) is 150 cm³/mol. The van der Waals surface area contributed by atoms with E-state index in [1.165, 1.54) is 28.0 Å². The van der Waals surface area contributed by atoms with Gasteiger partial charge >= 0.3 is 5.97 Å². The second-order valence-corrected chi connectivity index (χ2v) is 9.68. The largest absolute Gasteiger partial charge is 0.478 e. The molecule has 2 unspecified atom stereocenters. The fourth-order valence-electron chi connectivity index (χ4n) is 5.50. The molecular formula is C31H32ClFN2O2. The molecule has 4 aromatic carbocycles. The van der Waals surface area contributed by atoms with Gasteiger partial charge < -0.3 is 15.3 Å². The quantitative estimate of drug-likeness (QED) is 0.275. The first kappa shape index (κ1) is 26.6. The lowest BCUT2D eigenvalue weighted by Gasteiger charge is -2.41. The number of nitrogens with one attached hydrogen (secondary N) is 1. The number of carboxylic acid groups (broad SMARTS) is 1. The molecule has 37 heavy (non-hydrogen) atoms. The number of carbonyl (C=O) groups is 1. The molecule has 192 valence electrons. The third-order valence-corrected chi connectivity index (χ3v) is 7.50. The van der Waals surface area contributed by atoms with Crippen LogP contribution in [0.15, 0.2) is 91.0 Å². The molecule has 6 heteroatoms. The molecule has 5 rings (SSSR count). The highest BCUT2D eigenvalue weighted by Gasteiger charge is 2.32. The van der Waals surface area contributed by atoms with Crippen LogP contribution in [0, 0.1) is 11.7 Å². The Morgan fingerprint density at radius 2 is 1.76 bits per heavy atom. The Balaban J connectivity index is 0.00000320. The number of halogens is 2. The van der Waals surface area contributed by atoms with Crippen LogP contribution < -0.4 is 10.2 Å². The van der Waals surface area contributed by atoms with Crippen molar-refractivity contribution < 1.29 is 14.3 Å². The third kappa shape index (κ3) is 5.79. The van der Waals surface area contributed by atoms with Gasteiger partial charge in [-0.05, 0) is 65.9 Å². The maximum Gasteiger partial charge on any atom is 0.335 e. The van der Waals surface area contributed by atoms with Crippen LogP contribution in [-0.4, -0.2) is 30.7 Å². The molecule has 0 bridgehead atoms. The second kappa shape index (κ2) is 11.8. The number of aromatic carboxylic acids is 1. The molecule has 1 aliphatic rings. The molecule has 3 atom stereocenters. The van der Waals surface area contributed by atoms with Gasteiger partial charge in [0.25, 0.3) is 0 Å². The second-order valence-electron chi connectivity index (χ2n) is 9.68. The Kier molecular flexibility index (Phi) is 8.47. The molecule has 4 nitrogen and oxygen atoms in total. The predicted octanol–water partition coefficient (Wildman–Crippen LogP) is 7.06. The lowest BCUT2D eigenvalue weighted by molar-refractivity contribution is 0.0696. The van der Waals surface area contributed by atoms with Crippen molar-refractivity contribution in [3.05, 3.63) is 114 Å². The fourth-order valence-corrected chi connectivity index (χ4v) is 5.50. The van der Waals surface area contributed by atoms with Crippen molar-refractivity contribution in [3.63, 3.8) is 0 Å². The number of nitrogens with zero attached hydrogens (tertiary/aromatic N) is 1. The average Bonchev–Trinajstić information content (AvgIpc) is 2.91. The van der Waals surface area contributed by atoms with Gasteiger partial charge in [0.2, 0.25) is 0 Å². The van der Waals surface area contributed by atoms with E-state index in [1.807, 2.05) is 6.07 Å². The van der Waals surface area contributed by atoms with Crippen LogP contribution >= 0.6 is 12.4 Å². The number of rotatable bonds is 7. The number of piperidine rings is 1. The minimum Gasteiger partial charge on any atom is -0.478 e. The zero-order valence-electron chi connectivity index (χ0n) is 20.8. The van der Waals surface area contributed by atoms with Crippen molar-refractivity contribution in [2.45, 2.75) is 25.3 Å². The number of fused-ring (bicyclic) bond motifs is 1. The van der Waals surface area contributed by atoms with Crippen molar-refractivity contribution in [2.24, 2.45) is 5.92 Å². The Hall–Kier alpha value is -3.41. The van der Waals surface area contributed by atoms with Crippen molar-refractivity contribution in [3.8, 4) is 0 Å². The maximum atomic E-state index is 14.9. The first-order valence-electron chi connectivity index (χ1n) is 12.5. The van der Waals surface area contributed by atoms with E-state index < -0.39 is 11.8 Å². The van der Waals surface area contributed by atoms with Crippen LogP contribution in [0.5, 0.6) is 0 Å². The molecule has 1 saturated heterocycles. The van der Waals surface area contributed by atoms with Crippen LogP contribution in [0.1, 0.15) is 46.8 Å². The number of hydrogen-bond acceptors (Lipinski definition) is 3. The van der Waals surface area contributed by atoms with Gasteiger partial charge in [0, 0.05) is 25.0 Å². The van der Waals surface area contributed by atoms with E-state index in [1.54, 1.807) is 6.07 Å². The molecule has 1 heterocycles. The zero-order chi connectivity index (χ0) is 25.1. The van der Waals surface area contributed by atoms with Gasteiger partial charge in [-0.15, -0.1) is 12.4 Å². The number of carboxylic acids is 1. The standard InChI is InChI=1S/C31H31FN2O2.ClH/c1-21(26-13-7-11-22-10-5-6-12-27(22)26)33-19-25-16-17-34(20-28(25)23-8-3-2-4-9-23)30-15-14-24(31(35)36)18-29(30)32;/h2-15,18,21,25,28,33H,16-17,19-20H2,1H3,(H,35,36);1H/t21-,25?,28?;/m1./s1. The molecule has 0 spiro atoms. The fraction of sp³-hybridized carbons (Fsp3) is 0.258. The summed E-state index contributed by atoms with van der Waals surface area (Å²) in [6, 6.07) is 29.8. The molecule has 0 radical (unpaired) electrons. The van der Waals surface area contributed by atoms with E-state index in [-0.39, 0.29) is 29.9 Å². The Morgan fingerprint density at radius 1 is 1.03 bits per heavy atom. The minimum absolute atomic E-state index is 0. The number of anilines is 1. The summed E-state index contributed by atoms with van der Waals surface area (Å²) in [6.45, 7) is 4.48. The van der Waals surface area contributed by atoms with Gasteiger partial charge in [0.1, 0.15) is 5.82 Å². The SMILES string of the molecule is C[C@@H](NCC1CCN(c2ccc(C(=O)O)cc2F)CC1c1ccccc1)c1cccc2ccccc12.Cl. The topological polar surface area (TPSA) is 52.6 Å². The average molecular weight is 519 g/mol. The lowest BCUT2D eigenvalue weighted by Crippen LogP contribution is -2.43. The summed E-state index contributed by atoms with van der Waals surface area (Å²) in [5.74, 6) is -0.983. The van der Waals surface area contributed by atoms with Gasteiger partial charge in [-0.2, -0.15) is 0 Å². The third-order valence-electron chi connectivity index (χ3n) is 7.50. The van der Waals surface area contributed by atoms with E-state index in [2.05, 4.69) is 83.9 Å². The van der Waals surface area contributed by atoms with Crippen LogP contribution in [0.2, 0.25) is 0 Å². The summed E-state index contributed by atoms with van der Waals surface area (Å²) in [4.78, 5) is 13.3. The Morgan fingerprint density at radius 3 is 2.51 bits per heavy atom. The normalized spacial score (nSPS) is 18.3.